The van der Waals surface area contributed by atoms with Gasteiger partial charge in [0.2, 0.25) is 5.83 Å². The first kappa shape index (κ1) is 34.1. The van der Waals surface area contributed by atoms with Gasteiger partial charge < -0.3 is 9.47 Å². The molecule has 0 radical (unpaired) electrons. The van der Waals surface area contributed by atoms with Crippen LogP contribution in [-0.4, -0.2) is 19.3 Å². The first-order chi connectivity index (χ1) is 16.4. The summed E-state index contributed by atoms with van der Waals surface area (Å²) in [6.45, 7) is 36.2. The Morgan fingerprint density at radius 2 is 1.37 bits per heavy atom. The fraction of sp³-hybridized carbons (Fsp3) is 0.333. The van der Waals surface area contributed by atoms with Crippen molar-refractivity contribution in [2.45, 2.75) is 46.6 Å². The molecule has 0 aliphatic heterocycles. The number of rotatable bonds is 16. The Balaban J connectivity index is 0. The van der Waals surface area contributed by atoms with Crippen LogP contribution in [-0.2, 0) is 9.47 Å². The van der Waals surface area contributed by atoms with E-state index in [1.165, 1.54) is 18.2 Å². The van der Waals surface area contributed by atoms with E-state index in [9.17, 15) is 13.2 Å². The van der Waals surface area contributed by atoms with Gasteiger partial charge in [0.15, 0.2) is 11.6 Å². The van der Waals surface area contributed by atoms with Gasteiger partial charge in [0.05, 0.1) is 19.3 Å². The van der Waals surface area contributed by atoms with Crippen molar-refractivity contribution < 1.29 is 22.6 Å². The average molecular weight is 491 g/mol. The molecule has 5 heteroatoms. The van der Waals surface area contributed by atoms with Crippen molar-refractivity contribution >= 4 is 0 Å². The second-order valence-corrected chi connectivity index (χ2v) is 7.76. The van der Waals surface area contributed by atoms with Crippen LogP contribution in [0.4, 0.5) is 13.2 Å². The summed E-state index contributed by atoms with van der Waals surface area (Å²) in [5.41, 5.74) is 0.776. The Labute approximate surface area is 210 Å². The third-order valence-corrected chi connectivity index (χ3v) is 4.88. The van der Waals surface area contributed by atoms with Crippen LogP contribution in [0.3, 0.4) is 0 Å². The molecule has 194 valence electrons. The van der Waals surface area contributed by atoms with Gasteiger partial charge in [-0.15, -0.1) is 13.2 Å². The molecule has 0 aliphatic rings. The lowest BCUT2D eigenvalue weighted by Crippen LogP contribution is -2.14. The van der Waals surface area contributed by atoms with E-state index in [0.717, 1.165) is 6.42 Å². The van der Waals surface area contributed by atoms with Gasteiger partial charge in [-0.1, -0.05) is 72.4 Å². The van der Waals surface area contributed by atoms with Crippen LogP contribution in [0.25, 0.3) is 0 Å². The molecule has 2 unspecified atom stereocenters. The predicted molar refractivity (Wildman–Crippen MR) is 145 cm³/mol. The van der Waals surface area contributed by atoms with Crippen LogP contribution in [0.15, 0.2) is 122 Å². The molecular formula is C30H41F3O2. The van der Waals surface area contributed by atoms with Crippen LogP contribution in [0.1, 0.15) is 40.5 Å². The van der Waals surface area contributed by atoms with Crippen LogP contribution < -0.4 is 0 Å². The molecule has 0 aromatic heterocycles. The van der Waals surface area contributed by atoms with Gasteiger partial charge in [-0.25, -0.2) is 8.78 Å². The standard InChI is InChI=1S/C28H37F3O2.C2H4/c1-11-15-32-25(10)28(31)27(30)24(9)19(4)14-13-18(3)20(5)16-26(29)23(8)21(6)17-33-22(7)12-2;1-2/h13-14,16,21-22H,3-5,8-12,15,17H2,1-2,6-7H3;1-2H2/b14-13-,26-16+,28-27-;. The Morgan fingerprint density at radius 1 is 0.829 bits per heavy atom. The van der Waals surface area contributed by atoms with E-state index in [2.05, 4.69) is 52.6 Å². The van der Waals surface area contributed by atoms with Crippen molar-refractivity contribution in [2.75, 3.05) is 13.2 Å². The van der Waals surface area contributed by atoms with Crippen LogP contribution in [0.5, 0.6) is 0 Å². The largest absolute Gasteiger partial charge is 0.491 e. The third-order valence-electron chi connectivity index (χ3n) is 4.88. The zero-order chi connectivity index (χ0) is 27.7. The summed E-state index contributed by atoms with van der Waals surface area (Å²) in [4.78, 5) is 0. The molecule has 0 spiro atoms. The number of hydrogen-bond acceptors (Lipinski definition) is 2. The van der Waals surface area contributed by atoms with E-state index in [0.29, 0.717) is 29.7 Å². The third kappa shape index (κ3) is 12.8. The highest BCUT2D eigenvalue weighted by molar-refractivity contribution is 5.52. The minimum absolute atomic E-state index is 0.0881. The summed E-state index contributed by atoms with van der Waals surface area (Å²) in [7, 11) is 0. The van der Waals surface area contributed by atoms with Crippen molar-refractivity contribution in [3.05, 3.63) is 122 Å². The maximum absolute atomic E-state index is 14.6. The van der Waals surface area contributed by atoms with Crippen LogP contribution in [0.2, 0.25) is 0 Å². The molecule has 0 N–H and O–H groups in total. The van der Waals surface area contributed by atoms with E-state index in [1.807, 2.05) is 27.7 Å². The van der Waals surface area contributed by atoms with E-state index >= 15 is 0 Å². The molecule has 35 heavy (non-hydrogen) atoms. The highest BCUT2D eigenvalue weighted by Crippen LogP contribution is 2.28. The molecular weight excluding hydrogens is 449 g/mol. The molecule has 0 aromatic rings. The molecule has 0 saturated carbocycles. The van der Waals surface area contributed by atoms with Crippen molar-refractivity contribution in [1.29, 1.82) is 0 Å². The summed E-state index contributed by atoms with van der Waals surface area (Å²) < 4.78 is 53.7. The van der Waals surface area contributed by atoms with Gasteiger partial charge in [0.25, 0.3) is 0 Å². The fourth-order valence-electron chi connectivity index (χ4n) is 2.19. The molecule has 0 heterocycles. The van der Waals surface area contributed by atoms with Crippen molar-refractivity contribution in [3.8, 4) is 0 Å². The van der Waals surface area contributed by atoms with E-state index < -0.39 is 23.2 Å². The molecule has 2 atom stereocenters. The van der Waals surface area contributed by atoms with Gasteiger partial charge in [-0.3, -0.25) is 0 Å². The topological polar surface area (TPSA) is 18.5 Å². The lowest BCUT2D eigenvalue weighted by molar-refractivity contribution is 0.0486. The summed E-state index contributed by atoms with van der Waals surface area (Å²) in [6, 6.07) is 0. The second kappa shape index (κ2) is 18.3. The summed E-state index contributed by atoms with van der Waals surface area (Å²) in [6.07, 6.45) is 5.66. The van der Waals surface area contributed by atoms with Gasteiger partial charge in [-0.2, -0.15) is 4.39 Å². The van der Waals surface area contributed by atoms with Crippen molar-refractivity contribution in [3.63, 3.8) is 0 Å². The van der Waals surface area contributed by atoms with Gasteiger partial charge in [0, 0.05) is 11.5 Å². The number of hydrogen-bond donors (Lipinski definition) is 0. The molecule has 0 amide bonds. The highest BCUT2D eigenvalue weighted by atomic mass is 19.2. The number of ether oxygens (including phenoxy) is 2. The number of halogens is 3. The molecule has 0 saturated heterocycles. The van der Waals surface area contributed by atoms with E-state index in [4.69, 9.17) is 9.47 Å². The normalized spacial score (nSPS) is 13.6. The van der Waals surface area contributed by atoms with E-state index in [1.54, 1.807) is 0 Å². The Hall–Kier alpha value is -3.05. The zero-order valence-corrected chi connectivity index (χ0v) is 21.8. The molecule has 2 nitrogen and oxygen atoms in total. The average Bonchev–Trinajstić information content (AvgIpc) is 2.87. The summed E-state index contributed by atoms with van der Waals surface area (Å²) >= 11 is 0. The minimum atomic E-state index is -1.24. The fourth-order valence-corrected chi connectivity index (χ4v) is 2.19. The van der Waals surface area contributed by atoms with Crippen LogP contribution >= 0.6 is 0 Å². The SMILES string of the molecule is C=C.C=C(/C=C\C(=C)C(=C)/C(F)=C(/F)C(=C)OCCC)C(=C)/C=C(/F)C(=C)C(C)COC(C)CC. The summed E-state index contributed by atoms with van der Waals surface area (Å²) in [5, 5.41) is 0. The van der Waals surface area contributed by atoms with Crippen molar-refractivity contribution in [2.24, 2.45) is 5.92 Å². The quantitative estimate of drug-likeness (QED) is 0.122. The Kier molecular flexibility index (Phi) is 17.8. The second-order valence-electron chi connectivity index (χ2n) is 7.76. The molecule has 0 rings (SSSR count). The Morgan fingerprint density at radius 3 is 1.89 bits per heavy atom. The lowest BCUT2D eigenvalue weighted by Gasteiger charge is -2.17. The van der Waals surface area contributed by atoms with Gasteiger partial charge in [0.1, 0.15) is 5.83 Å². The zero-order valence-electron chi connectivity index (χ0n) is 21.8. The molecule has 0 aromatic carbocycles. The maximum Gasteiger partial charge on any atom is 0.200 e. The number of allylic oxidation sites excluding steroid dienone is 10. The maximum atomic E-state index is 14.6. The van der Waals surface area contributed by atoms with Crippen LogP contribution in [0, 0.1) is 5.92 Å². The van der Waals surface area contributed by atoms with Crippen molar-refractivity contribution in [1.82, 2.24) is 0 Å². The first-order valence-corrected chi connectivity index (χ1v) is 11.4. The Bertz CT molecular complexity index is 887. The molecule has 0 fully saturated rings. The van der Waals surface area contributed by atoms with E-state index in [-0.39, 0.29) is 29.8 Å². The van der Waals surface area contributed by atoms with Gasteiger partial charge in [-0.05, 0) is 48.1 Å². The smallest absolute Gasteiger partial charge is 0.200 e. The lowest BCUT2D eigenvalue weighted by atomic mass is 9.99. The minimum Gasteiger partial charge on any atom is -0.491 e. The molecule has 0 aliphatic carbocycles. The monoisotopic (exact) mass is 490 g/mol. The van der Waals surface area contributed by atoms with Gasteiger partial charge >= 0.3 is 0 Å². The first-order valence-electron chi connectivity index (χ1n) is 11.4. The molecule has 0 bridgehead atoms. The summed E-state index contributed by atoms with van der Waals surface area (Å²) in [5.74, 6) is -3.60. The highest BCUT2D eigenvalue weighted by Gasteiger charge is 2.16. The predicted octanol–water partition coefficient (Wildman–Crippen LogP) is 9.52.